The Labute approximate surface area is 153 Å². The van der Waals surface area contributed by atoms with Gasteiger partial charge in [0.25, 0.3) is 5.91 Å². The third-order valence-corrected chi connectivity index (χ3v) is 5.24. The van der Waals surface area contributed by atoms with Crippen LogP contribution in [0.15, 0.2) is 30.5 Å². The summed E-state index contributed by atoms with van der Waals surface area (Å²) < 4.78 is 56.0. The number of fused-ring (bicyclic) bond motifs is 2. The van der Waals surface area contributed by atoms with Gasteiger partial charge < -0.3 is 10.2 Å². The third-order valence-electron chi connectivity index (χ3n) is 5.24. The second-order valence-electron chi connectivity index (χ2n) is 6.86. The maximum absolute atomic E-state index is 14.1. The molecule has 2 unspecified atom stereocenters. The summed E-state index contributed by atoms with van der Waals surface area (Å²) in [5.74, 6) is -1.54. The van der Waals surface area contributed by atoms with Crippen molar-refractivity contribution < 1.29 is 22.4 Å². The van der Waals surface area contributed by atoms with Gasteiger partial charge in [-0.25, -0.2) is 9.07 Å². The summed E-state index contributed by atoms with van der Waals surface area (Å²) in [6.45, 7) is 1.29. The number of amides is 1. The highest BCUT2D eigenvalue weighted by Gasteiger charge is 2.45. The smallest absolute Gasteiger partial charge is 0.331 e. The molecule has 2 saturated heterocycles. The van der Waals surface area contributed by atoms with E-state index in [9.17, 15) is 22.4 Å². The Morgan fingerprint density at radius 2 is 1.89 bits per heavy atom. The van der Waals surface area contributed by atoms with Crippen LogP contribution < -0.4 is 5.32 Å². The van der Waals surface area contributed by atoms with Crippen LogP contribution in [0.25, 0.3) is 5.69 Å². The Hall–Kier alpha value is -2.42. The predicted molar refractivity (Wildman–Crippen MR) is 89.0 cm³/mol. The van der Waals surface area contributed by atoms with E-state index in [-0.39, 0.29) is 17.8 Å². The van der Waals surface area contributed by atoms with Crippen LogP contribution in [0.5, 0.6) is 0 Å². The average Bonchev–Trinajstić information content (AvgIpc) is 3.15. The van der Waals surface area contributed by atoms with Crippen LogP contribution in [0, 0.1) is 5.82 Å². The lowest BCUT2D eigenvalue weighted by molar-refractivity contribution is -0.143. The van der Waals surface area contributed by atoms with Gasteiger partial charge in [0.1, 0.15) is 11.5 Å². The van der Waals surface area contributed by atoms with Gasteiger partial charge in [-0.2, -0.15) is 18.3 Å². The predicted octanol–water partition coefficient (Wildman–Crippen LogP) is 3.00. The van der Waals surface area contributed by atoms with Crippen LogP contribution >= 0.6 is 0 Å². The number of carbonyl (C=O) groups is 1. The lowest BCUT2D eigenvalue weighted by Crippen LogP contribution is -2.43. The van der Waals surface area contributed by atoms with Crippen LogP contribution in [-0.2, 0) is 6.18 Å². The zero-order chi connectivity index (χ0) is 19.2. The molecule has 27 heavy (non-hydrogen) atoms. The molecule has 1 N–H and O–H groups in total. The van der Waals surface area contributed by atoms with Crippen LogP contribution in [0.1, 0.15) is 35.3 Å². The van der Waals surface area contributed by atoms with E-state index >= 15 is 0 Å². The minimum absolute atomic E-state index is 0.0876. The summed E-state index contributed by atoms with van der Waals surface area (Å²) in [6, 6.07) is 4.83. The molecule has 2 aromatic rings. The number of para-hydroxylation sites is 1. The maximum Gasteiger partial charge on any atom is 0.434 e. The average molecular weight is 382 g/mol. The fraction of sp³-hybridized carbons (Fsp3) is 0.444. The van der Waals surface area contributed by atoms with Crippen molar-refractivity contribution >= 4 is 5.91 Å². The second-order valence-corrected chi connectivity index (χ2v) is 6.86. The summed E-state index contributed by atoms with van der Waals surface area (Å²) >= 11 is 0. The quantitative estimate of drug-likeness (QED) is 0.813. The highest BCUT2D eigenvalue weighted by Crippen LogP contribution is 2.37. The van der Waals surface area contributed by atoms with E-state index in [0.717, 1.165) is 31.6 Å². The van der Waals surface area contributed by atoms with Gasteiger partial charge in [-0.05, 0) is 37.9 Å². The van der Waals surface area contributed by atoms with Gasteiger partial charge in [-0.15, -0.1) is 0 Å². The number of halogens is 4. The molecule has 0 radical (unpaired) electrons. The van der Waals surface area contributed by atoms with Crippen LogP contribution in [0.2, 0.25) is 0 Å². The molecular formula is C18H18F4N4O. The minimum atomic E-state index is -4.85. The summed E-state index contributed by atoms with van der Waals surface area (Å²) in [4.78, 5) is 14.6. The molecule has 2 aliphatic heterocycles. The van der Waals surface area contributed by atoms with Crippen molar-refractivity contribution in [3.05, 3.63) is 47.5 Å². The Morgan fingerprint density at radius 1 is 1.15 bits per heavy atom. The zero-order valence-corrected chi connectivity index (χ0v) is 14.3. The number of hydrogen-bond acceptors (Lipinski definition) is 3. The number of carbonyl (C=O) groups excluding carboxylic acids is 1. The number of aromatic nitrogens is 2. The van der Waals surface area contributed by atoms with Crippen molar-refractivity contribution in [1.82, 2.24) is 20.0 Å². The lowest BCUT2D eigenvalue weighted by Gasteiger charge is -2.28. The van der Waals surface area contributed by atoms with Gasteiger partial charge in [0, 0.05) is 18.6 Å². The van der Waals surface area contributed by atoms with E-state index in [1.165, 1.54) is 18.2 Å². The van der Waals surface area contributed by atoms with Crippen molar-refractivity contribution in [1.29, 1.82) is 0 Å². The SMILES string of the molecule is O=C(c1cnn(-c2ccccc2F)c1C(F)(F)F)N1C2CCNCC1CC2. The van der Waals surface area contributed by atoms with E-state index in [1.807, 2.05) is 0 Å². The molecule has 9 heteroatoms. The number of hydrogen-bond donors (Lipinski definition) is 1. The van der Waals surface area contributed by atoms with E-state index in [0.29, 0.717) is 17.6 Å². The fourth-order valence-electron chi connectivity index (χ4n) is 4.04. The number of benzene rings is 1. The van der Waals surface area contributed by atoms with Gasteiger partial charge in [0.2, 0.25) is 0 Å². The Balaban J connectivity index is 1.80. The minimum Gasteiger partial charge on any atom is -0.331 e. The van der Waals surface area contributed by atoms with Gasteiger partial charge >= 0.3 is 6.18 Å². The van der Waals surface area contributed by atoms with E-state index in [4.69, 9.17) is 0 Å². The molecule has 5 nitrogen and oxygen atoms in total. The van der Waals surface area contributed by atoms with Crippen LogP contribution in [0.4, 0.5) is 17.6 Å². The summed E-state index contributed by atoms with van der Waals surface area (Å²) in [5, 5.41) is 6.93. The first kappa shape index (κ1) is 18.0. The van der Waals surface area contributed by atoms with Gasteiger partial charge in [0.05, 0.1) is 11.8 Å². The Bertz CT molecular complexity index is 849. The highest BCUT2D eigenvalue weighted by atomic mass is 19.4. The van der Waals surface area contributed by atoms with Crippen LogP contribution in [-0.4, -0.2) is 45.8 Å². The first-order valence-corrected chi connectivity index (χ1v) is 8.81. The number of rotatable bonds is 2. The molecule has 3 heterocycles. The van der Waals surface area contributed by atoms with Crippen molar-refractivity contribution in [3.63, 3.8) is 0 Å². The molecule has 144 valence electrons. The van der Waals surface area contributed by atoms with Crippen LogP contribution in [0.3, 0.4) is 0 Å². The Morgan fingerprint density at radius 3 is 2.63 bits per heavy atom. The van der Waals surface area contributed by atoms with E-state index < -0.39 is 29.2 Å². The van der Waals surface area contributed by atoms with Gasteiger partial charge in [-0.3, -0.25) is 4.79 Å². The first-order valence-electron chi connectivity index (χ1n) is 8.81. The maximum atomic E-state index is 14.1. The van der Waals surface area contributed by atoms with Crippen molar-refractivity contribution in [3.8, 4) is 5.69 Å². The zero-order valence-electron chi connectivity index (χ0n) is 14.3. The molecule has 1 aromatic carbocycles. The van der Waals surface area contributed by atoms with Crippen molar-refractivity contribution in [2.75, 3.05) is 13.1 Å². The lowest BCUT2D eigenvalue weighted by atomic mass is 10.1. The first-order chi connectivity index (χ1) is 12.9. The van der Waals surface area contributed by atoms with Gasteiger partial charge in [0.15, 0.2) is 5.69 Å². The van der Waals surface area contributed by atoms with Crippen molar-refractivity contribution in [2.24, 2.45) is 0 Å². The van der Waals surface area contributed by atoms with E-state index in [1.54, 1.807) is 4.90 Å². The summed E-state index contributed by atoms with van der Waals surface area (Å²) in [7, 11) is 0. The normalized spacial score (nSPS) is 22.7. The molecule has 0 spiro atoms. The topological polar surface area (TPSA) is 50.2 Å². The number of nitrogens with one attached hydrogen (secondary N) is 1. The van der Waals surface area contributed by atoms with Crippen molar-refractivity contribution in [2.45, 2.75) is 37.5 Å². The second kappa shape index (κ2) is 6.63. The molecule has 2 aliphatic rings. The molecule has 2 atom stereocenters. The molecule has 0 saturated carbocycles. The third kappa shape index (κ3) is 3.09. The number of nitrogens with zero attached hydrogens (tertiary/aromatic N) is 3. The molecule has 4 rings (SSSR count). The highest BCUT2D eigenvalue weighted by molar-refractivity contribution is 5.96. The molecule has 2 bridgehead atoms. The molecule has 0 aliphatic carbocycles. The standard InChI is InChI=1S/C18H18F4N4O/c19-14-3-1-2-4-15(14)26-16(18(20,21)22)13(10-24-26)17(27)25-11-5-6-12(25)9-23-8-7-11/h1-4,10-12,23H,5-9H2. The molecular weight excluding hydrogens is 364 g/mol. The largest absolute Gasteiger partial charge is 0.434 e. The number of alkyl halides is 3. The summed E-state index contributed by atoms with van der Waals surface area (Å²) in [6.07, 6.45) is -1.72. The van der Waals surface area contributed by atoms with E-state index in [2.05, 4.69) is 10.4 Å². The Kier molecular flexibility index (Phi) is 4.41. The monoisotopic (exact) mass is 382 g/mol. The summed E-state index contributed by atoms with van der Waals surface area (Å²) in [5.41, 5.74) is -2.12. The molecule has 1 aromatic heterocycles. The molecule has 1 amide bonds. The fourth-order valence-corrected chi connectivity index (χ4v) is 4.04. The van der Waals surface area contributed by atoms with Gasteiger partial charge in [-0.1, -0.05) is 12.1 Å². The molecule has 2 fully saturated rings.